The molecule has 24 heavy (non-hydrogen) atoms. The van der Waals surface area contributed by atoms with Crippen LogP contribution in [0.3, 0.4) is 0 Å². The quantitative estimate of drug-likeness (QED) is 0.784. The zero-order valence-corrected chi connectivity index (χ0v) is 15.3. The van der Waals surface area contributed by atoms with Crippen LogP contribution in [0.25, 0.3) is 0 Å². The Kier molecular flexibility index (Phi) is 6.55. The molecule has 0 saturated carbocycles. The standard InChI is InChI=1S/C19H23NO3S/c1-5-22-17-8-6-7-15(18(17)20-19(21)24-4)12-23-16-10-9-13(2)11-14(16)3/h6-11H,5,12H2,1-4H3,(H,20,21). The van der Waals surface area contributed by atoms with Crippen LogP contribution in [0.4, 0.5) is 10.5 Å². The number of anilines is 1. The third-order valence-electron chi connectivity index (χ3n) is 3.54. The average molecular weight is 345 g/mol. The Bertz CT molecular complexity index is 716. The van der Waals surface area contributed by atoms with Crippen LogP contribution in [0.15, 0.2) is 36.4 Å². The van der Waals surface area contributed by atoms with Gasteiger partial charge in [-0.3, -0.25) is 4.79 Å². The molecular weight excluding hydrogens is 322 g/mol. The van der Waals surface area contributed by atoms with Crippen molar-refractivity contribution >= 4 is 22.7 Å². The van der Waals surface area contributed by atoms with Gasteiger partial charge in [-0.25, -0.2) is 0 Å². The van der Waals surface area contributed by atoms with E-state index in [9.17, 15) is 4.79 Å². The molecule has 0 heterocycles. The Hall–Kier alpha value is -2.14. The maximum Gasteiger partial charge on any atom is 0.283 e. The molecule has 0 aliphatic heterocycles. The second kappa shape index (κ2) is 8.64. The number of benzene rings is 2. The summed E-state index contributed by atoms with van der Waals surface area (Å²) in [5.41, 5.74) is 3.84. The van der Waals surface area contributed by atoms with E-state index in [1.54, 1.807) is 6.26 Å². The molecule has 0 saturated heterocycles. The van der Waals surface area contributed by atoms with Crippen molar-refractivity contribution in [1.82, 2.24) is 0 Å². The van der Waals surface area contributed by atoms with Crippen LogP contribution in [0.2, 0.25) is 0 Å². The van der Waals surface area contributed by atoms with Crippen molar-refractivity contribution < 1.29 is 14.3 Å². The van der Waals surface area contributed by atoms with Crippen molar-refractivity contribution in [2.75, 3.05) is 18.2 Å². The van der Waals surface area contributed by atoms with Crippen LogP contribution in [-0.4, -0.2) is 18.1 Å². The molecule has 0 bridgehead atoms. The predicted molar refractivity (Wildman–Crippen MR) is 100 cm³/mol. The highest BCUT2D eigenvalue weighted by Gasteiger charge is 2.13. The summed E-state index contributed by atoms with van der Waals surface area (Å²) in [6.07, 6.45) is 1.74. The lowest BCUT2D eigenvalue weighted by Crippen LogP contribution is -2.10. The summed E-state index contributed by atoms with van der Waals surface area (Å²) in [7, 11) is 0. The first-order valence-electron chi connectivity index (χ1n) is 7.84. The molecule has 2 rings (SSSR count). The van der Waals surface area contributed by atoms with Gasteiger partial charge in [-0.15, -0.1) is 0 Å². The normalized spacial score (nSPS) is 10.3. The van der Waals surface area contributed by atoms with Crippen molar-refractivity contribution in [2.24, 2.45) is 0 Å². The van der Waals surface area contributed by atoms with Gasteiger partial charge in [0.1, 0.15) is 18.1 Å². The Balaban J connectivity index is 2.24. The lowest BCUT2D eigenvalue weighted by Gasteiger charge is -2.16. The van der Waals surface area contributed by atoms with Gasteiger partial charge in [0, 0.05) is 5.56 Å². The SMILES string of the molecule is CCOc1cccc(COc2ccc(C)cc2C)c1NC(=O)SC. The van der Waals surface area contributed by atoms with Crippen LogP contribution in [0.1, 0.15) is 23.6 Å². The molecule has 0 unspecified atom stereocenters. The van der Waals surface area contributed by atoms with E-state index < -0.39 is 0 Å². The number of amides is 1. The fourth-order valence-corrected chi connectivity index (χ4v) is 2.59. The zero-order chi connectivity index (χ0) is 17.5. The van der Waals surface area contributed by atoms with Gasteiger partial charge in [0.25, 0.3) is 5.24 Å². The van der Waals surface area contributed by atoms with Crippen LogP contribution in [0.5, 0.6) is 11.5 Å². The molecule has 128 valence electrons. The average Bonchev–Trinajstić information content (AvgIpc) is 2.56. The van der Waals surface area contributed by atoms with Crippen molar-refractivity contribution in [3.05, 3.63) is 53.1 Å². The summed E-state index contributed by atoms with van der Waals surface area (Å²) < 4.78 is 11.6. The van der Waals surface area contributed by atoms with E-state index in [1.165, 1.54) is 5.56 Å². The molecule has 0 aliphatic rings. The topological polar surface area (TPSA) is 47.6 Å². The summed E-state index contributed by atoms with van der Waals surface area (Å²) in [4.78, 5) is 11.8. The van der Waals surface area contributed by atoms with Crippen molar-refractivity contribution in [3.8, 4) is 11.5 Å². The zero-order valence-electron chi connectivity index (χ0n) is 14.5. The number of carbonyl (C=O) groups is 1. The molecule has 2 aromatic rings. The number of rotatable bonds is 6. The molecule has 4 nitrogen and oxygen atoms in total. The first-order chi connectivity index (χ1) is 11.5. The second-order valence-corrected chi connectivity index (χ2v) is 6.18. The summed E-state index contributed by atoms with van der Waals surface area (Å²) in [5, 5.41) is 2.76. The Morgan fingerprint density at radius 2 is 1.92 bits per heavy atom. The van der Waals surface area contributed by atoms with E-state index in [0.29, 0.717) is 24.7 Å². The fourth-order valence-electron chi connectivity index (χ4n) is 2.38. The van der Waals surface area contributed by atoms with Crippen molar-refractivity contribution in [3.63, 3.8) is 0 Å². The van der Waals surface area contributed by atoms with Gasteiger partial charge in [0.2, 0.25) is 0 Å². The number of aryl methyl sites for hydroxylation is 2. The van der Waals surface area contributed by atoms with Crippen molar-refractivity contribution in [2.45, 2.75) is 27.4 Å². The molecule has 0 radical (unpaired) electrons. The van der Waals surface area contributed by atoms with Crippen LogP contribution < -0.4 is 14.8 Å². The monoisotopic (exact) mass is 345 g/mol. The molecule has 0 aliphatic carbocycles. The van der Waals surface area contributed by atoms with Crippen LogP contribution in [-0.2, 0) is 6.61 Å². The molecule has 0 aromatic heterocycles. The van der Waals surface area contributed by atoms with Crippen molar-refractivity contribution in [1.29, 1.82) is 0 Å². The first-order valence-corrected chi connectivity index (χ1v) is 9.07. The minimum atomic E-state index is -0.130. The summed E-state index contributed by atoms with van der Waals surface area (Å²) >= 11 is 1.13. The summed E-state index contributed by atoms with van der Waals surface area (Å²) in [6.45, 7) is 6.88. The van der Waals surface area contributed by atoms with E-state index in [4.69, 9.17) is 9.47 Å². The van der Waals surface area contributed by atoms with E-state index in [-0.39, 0.29) is 5.24 Å². The van der Waals surface area contributed by atoms with Gasteiger partial charge >= 0.3 is 0 Å². The maximum atomic E-state index is 11.8. The highest BCUT2D eigenvalue weighted by Crippen LogP contribution is 2.31. The molecule has 0 atom stereocenters. The Morgan fingerprint density at radius 1 is 1.12 bits per heavy atom. The second-order valence-electron chi connectivity index (χ2n) is 5.40. The number of thioether (sulfide) groups is 1. The number of hydrogen-bond acceptors (Lipinski definition) is 4. The minimum Gasteiger partial charge on any atom is -0.492 e. The molecule has 1 N–H and O–H groups in total. The fraction of sp³-hybridized carbons (Fsp3) is 0.316. The van der Waals surface area contributed by atoms with E-state index in [1.807, 2.05) is 44.2 Å². The highest BCUT2D eigenvalue weighted by atomic mass is 32.2. The van der Waals surface area contributed by atoms with Gasteiger partial charge in [-0.05, 0) is 44.7 Å². The molecular formula is C19H23NO3S. The van der Waals surface area contributed by atoms with E-state index in [0.717, 1.165) is 28.6 Å². The lowest BCUT2D eigenvalue weighted by atomic mass is 10.1. The van der Waals surface area contributed by atoms with E-state index in [2.05, 4.69) is 18.3 Å². The van der Waals surface area contributed by atoms with Gasteiger partial charge in [0.15, 0.2) is 0 Å². The van der Waals surface area contributed by atoms with Gasteiger partial charge in [-0.1, -0.05) is 41.6 Å². The number of hydrogen-bond donors (Lipinski definition) is 1. The Labute approximate surface area is 147 Å². The summed E-state index contributed by atoms with van der Waals surface area (Å²) in [5.74, 6) is 1.49. The molecule has 0 spiro atoms. The number of nitrogens with one attached hydrogen (secondary N) is 1. The largest absolute Gasteiger partial charge is 0.492 e. The first kappa shape index (κ1) is 18.2. The maximum absolute atomic E-state index is 11.8. The smallest absolute Gasteiger partial charge is 0.283 e. The molecule has 1 amide bonds. The van der Waals surface area contributed by atoms with Gasteiger partial charge < -0.3 is 14.8 Å². The molecule has 5 heteroatoms. The molecule has 0 fully saturated rings. The minimum absolute atomic E-state index is 0.130. The van der Waals surface area contributed by atoms with Crippen LogP contribution in [0, 0.1) is 13.8 Å². The summed E-state index contributed by atoms with van der Waals surface area (Å²) in [6, 6.07) is 11.8. The molecule has 2 aromatic carbocycles. The van der Waals surface area contributed by atoms with Gasteiger partial charge in [-0.2, -0.15) is 0 Å². The third kappa shape index (κ3) is 4.68. The number of para-hydroxylation sites is 1. The lowest BCUT2D eigenvalue weighted by molar-refractivity contribution is 0.269. The predicted octanol–water partition coefficient (Wildman–Crippen LogP) is 5.18. The van der Waals surface area contributed by atoms with Gasteiger partial charge in [0.05, 0.1) is 12.3 Å². The van der Waals surface area contributed by atoms with E-state index >= 15 is 0 Å². The highest BCUT2D eigenvalue weighted by molar-refractivity contribution is 8.13. The third-order valence-corrected chi connectivity index (χ3v) is 4.01. The number of carbonyl (C=O) groups excluding carboxylic acids is 1. The van der Waals surface area contributed by atoms with Crippen LogP contribution >= 0.6 is 11.8 Å². The Morgan fingerprint density at radius 3 is 2.58 bits per heavy atom. The number of ether oxygens (including phenoxy) is 2.